The van der Waals surface area contributed by atoms with Crippen molar-refractivity contribution >= 4 is 0 Å². The molecule has 1 saturated carbocycles. The highest BCUT2D eigenvalue weighted by molar-refractivity contribution is 5.44. The van der Waals surface area contributed by atoms with Crippen molar-refractivity contribution in [2.45, 2.75) is 25.3 Å². The predicted molar refractivity (Wildman–Crippen MR) is 84.1 cm³/mol. The highest BCUT2D eigenvalue weighted by Gasteiger charge is 2.24. The zero-order chi connectivity index (χ0) is 14.7. The molecule has 116 valence electrons. The van der Waals surface area contributed by atoms with Crippen LogP contribution in [0.5, 0.6) is 11.5 Å². The van der Waals surface area contributed by atoms with Crippen LogP contribution in [0.2, 0.25) is 0 Å². The fourth-order valence-electron chi connectivity index (χ4n) is 2.89. The van der Waals surface area contributed by atoms with Gasteiger partial charge in [-0.25, -0.2) is 0 Å². The summed E-state index contributed by atoms with van der Waals surface area (Å²) in [7, 11) is 4.24. The molecule has 0 aromatic heterocycles. The highest BCUT2D eigenvalue weighted by atomic mass is 16.5. The maximum absolute atomic E-state index is 5.80. The van der Waals surface area contributed by atoms with E-state index < -0.39 is 0 Å². The van der Waals surface area contributed by atoms with Crippen molar-refractivity contribution in [1.29, 1.82) is 0 Å². The zero-order valence-corrected chi connectivity index (χ0v) is 13.1. The standard InChI is InChI=1S/C17H26N2O2/c1-18-15(12-19(2)11-13-4-5-13)14-6-7-16-17(10-14)21-9-3-8-20-16/h6-7,10,13,15,18H,3-5,8-9,11-12H2,1-2H3. The molecular formula is C17H26N2O2. The second-order valence-corrected chi connectivity index (χ2v) is 6.26. The molecule has 2 aliphatic rings. The Hall–Kier alpha value is -1.26. The average molecular weight is 290 g/mol. The second kappa shape index (κ2) is 6.67. The third-order valence-electron chi connectivity index (χ3n) is 4.28. The third kappa shape index (κ3) is 3.89. The van der Waals surface area contributed by atoms with Gasteiger partial charge in [0.05, 0.1) is 13.2 Å². The Balaban J connectivity index is 1.69. The van der Waals surface area contributed by atoms with E-state index in [1.54, 1.807) is 0 Å². The van der Waals surface area contributed by atoms with Crippen LogP contribution in [0, 0.1) is 5.92 Å². The average Bonchev–Trinajstić information content (AvgIpc) is 3.30. The lowest BCUT2D eigenvalue weighted by atomic mass is 10.1. The molecular weight excluding hydrogens is 264 g/mol. The smallest absolute Gasteiger partial charge is 0.161 e. The Labute approximate surface area is 127 Å². The number of hydrogen-bond acceptors (Lipinski definition) is 4. The monoisotopic (exact) mass is 290 g/mol. The van der Waals surface area contributed by atoms with Crippen molar-refractivity contribution in [3.63, 3.8) is 0 Å². The van der Waals surface area contributed by atoms with Gasteiger partial charge in [0.25, 0.3) is 0 Å². The quantitative estimate of drug-likeness (QED) is 0.872. The van der Waals surface area contributed by atoms with Crippen LogP contribution < -0.4 is 14.8 Å². The SMILES string of the molecule is CNC(CN(C)CC1CC1)c1ccc2c(c1)OCCCO2. The van der Waals surface area contributed by atoms with Gasteiger partial charge in [-0.15, -0.1) is 0 Å². The number of nitrogens with zero attached hydrogens (tertiary/aromatic N) is 1. The largest absolute Gasteiger partial charge is 0.490 e. The molecule has 1 aromatic rings. The minimum Gasteiger partial charge on any atom is -0.490 e. The molecule has 1 aliphatic heterocycles. The lowest BCUT2D eigenvalue weighted by Crippen LogP contribution is -2.32. The van der Waals surface area contributed by atoms with E-state index in [1.807, 2.05) is 13.1 Å². The van der Waals surface area contributed by atoms with Gasteiger partial charge in [0.2, 0.25) is 0 Å². The topological polar surface area (TPSA) is 33.7 Å². The van der Waals surface area contributed by atoms with Crippen molar-refractivity contribution in [3.8, 4) is 11.5 Å². The first-order valence-corrected chi connectivity index (χ1v) is 8.01. The summed E-state index contributed by atoms with van der Waals surface area (Å²) >= 11 is 0. The number of rotatable bonds is 6. The van der Waals surface area contributed by atoms with Gasteiger partial charge in [-0.1, -0.05) is 6.07 Å². The first-order chi connectivity index (χ1) is 10.3. The molecule has 4 nitrogen and oxygen atoms in total. The maximum atomic E-state index is 5.80. The fraction of sp³-hybridized carbons (Fsp3) is 0.647. The second-order valence-electron chi connectivity index (χ2n) is 6.26. The number of likely N-dealkylation sites (N-methyl/N-ethyl adjacent to an activating group) is 2. The Kier molecular flexibility index (Phi) is 4.66. The van der Waals surface area contributed by atoms with E-state index in [0.717, 1.165) is 43.6 Å². The summed E-state index contributed by atoms with van der Waals surface area (Å²) in [6.45, 7) is 3.71. The van der Waals surface area contributed by atoms with Gasteiger partial charge in [-0.2, -0.15) is 0 Å². The summed E-state index contributed by atoms with van der Waals surface area (Å²) in [4.78, 5) is 2.43. The number of fused-ring (bicyclic) bond motifs is 1. The van der Waals surface area contributed by atoms with Gasteiger partial charge < -0.3 is 19.7 Å². The fourth-order valence-corrected chi connectivity index (χ4v) is 2.89. The summed E-state index contributed by atoms with van der Waals surface area (Å²) in [5.41, 5.74) is 1.27. The van der Waals surface area contributed by atoms with Crippen LogP contribution in [0.4, 0.5) is 0 Å². The van der Waals surface area contributed by atoms with E-state index in [-0.39, 0.29) is 0 Å². The minimum atomic E-state index is 0.325. The molecule has 1 aliphatic carbocycles. The highest BCUT2D eigenvalue weighted by Crippen LogP contribution is 2.33. The Morgan fingerprint density at radius 1 is 1.24 bits per heavy atom. The number of ether oxygens (including phenoxy) is 2. The summed E-state index contributed by atoms with van der Waals surface area (Å²) in [6.07, 6.45) is 3.75. The molecule has 21 heavy (non-hydrogen) atoms. The van der Waals surface area contributed by atoms with Crippen LogP contribution >= 0.6 is 0 Å². The first-order valence-electron chi connectivity index (χ1n) is 8.01. The van der Waals surface area contributed by atoms with Crippen LogP contribution in [0.3, 0.4) is 0 Å². The summed E-state index contributed by atoms with van der Waals surface area (Å²) in [6, 6.07) is 6.65. The summed E-state index contributed by atoms with van der Waals surface area (Å²) < 4.78 is 11.5. The maximum Gasteiger partial charge on any atom is 0.161 e. The summed E-state index contributed by atoms with van der Waals surface area (Å²) in [5.74, 6) is 2.68. The molecule has 0 radical (unpaired) electrons. The van der Waals surface area contributed by atoms with Crippen molar-refractivity contribution in [2.75, 3.05) is 40.4 Å². The molecule has 4 heteroatoms. The van der Waals surface area contributed by atoms with E-state index in [0.29, 0.717) is 6.04 Å². The van der Waals surface area contributed by atoms with Crippen LogP contribution in [0.1, 0.15) is 30.9 Å². The van der Waals surface area contributed by atoms with Crippen molar-refractivity contribution < 1.29 is 9.47 Å². The normalized spacial score (nSPS) is 19.4. The van der Waals surface area contributed by atoms with E-state index in [9.17, 15) is 0 Å². The van der Waals surface area contributed by atoms with Crippen molar-refractivity contribution in [1.82, 2.24) is 10.2 Å². The predicted octanol–water partition coefficient (Wildman–Crippen LogP) is 2.45. The molecule has 1 aromatic carbocycles. The number of hydrogen-bond donors (Lipinski definition) is 1. The molecule has 1 unspecified atom stereocenters. The molecule has 1 heterocycles. The van der Waals surface area contributed by atoms with E-state index in [1.165, 1.54) is 24.9 Å². The van der Waals surface area contributed by atoms with Gasteiger partial charge in [-0.3, -0.25) is 0 Å². The first kappa shape index (κ1) is 14.7. The van der Waals surface area contributed by atoms with Crippen molar-refractivity contribution in [2.24, 2.45) is 5.92 Å². The molecule has 0 amide bonds. The van der Waals surface area contributed by atoms with E-state index >= 15 is 0 Å². The molecule has 3 rings (SSSR count). The third-order valence-corrected chi connectivity index (χ3v) is 4.28. The molecule has 0 spiro atoms. The number of nitrogens with one attached hydrogen (secondary N) is 1. The minimum absolute atomic E-state index is 0.325. The van der Waals surface area contributed by atoms with Gasteiger partial charge >= 0.3 is 0 Å². The lowest BCUT2D eigenvalue weighted by molar-refractivity contribution is 0.285. The molecule has 0 bridgehead atoms. The van der Waals surface area contributed by atoms with Gasteiger partial charge in [0.1, 0.15) is 0 Å². The Morgan fingerprint density at radius 2 is 2.00 bits per heavy atom. The molecule has 1 atom stereocenters. The molecule has 0 saturated heterocycles. The van der Waals surface area contributed by atoms with Crippen LogP contribution in [-0.4, -0.2) is 45.3 Å². The summed E-state index contributed by atoms with van der Waals surface area (Å²) in [5, 5.41) is 3.43. The van der Waals surface area contributed by atoms with Crippen LogP contribution in [0.15, 0.2) is 18.2 Å². The zero-order valence-electron chi connectivity index (χ0n) is 13.1. The Bertz CT molecular complexity index is 474. The number of benzene rings is 1. The van der Waals surface area contributed by atoms with E-state index in [4.69, 9.17) is 9.47 Å². The van der Waals surface area contributed by atoms with Crippen LogP contribution in [-0.2, 0) is 0 Å². The van der Waals surface area contributed by atoms with Gasteiger partial charge in [0, 0.05) is 25.6 Å². The molecule has 1 N–H and O–H groups in total. The lowest BCUT2D eigenvalue weighted by Gasteiger charge is -2.24. The van der Waals surface area contributed by atoms with Gasteiger partial charge in [-0.05, 0) is 50.6 Å². The van der Waals surface area contributed by atoms with Crippen LogP contribution in [0.25, 0.3) is 0 Å². The van der Waals surface area contributed by atoms with Gasteiger partial charge in [0.15, 0.2) is 11.5 Å². The Morgan fingerprint density at radius 3 is 2.71 bits per heavy atom. The van der Waals surface area contributed by atoms with Crippen molar-refractivity contribution in [3.05, 3.63) is 23.8 Å². The van der Waals surface area contributed by atoms with E-state index in [2.05, 4.69) is 29.4 Å². The molecule has 1 fully saturated rings.